The molecule has 2 fully saturated rings. The highest BCUT2D eigenvalue weighted by Gasteiger charge is 2.48. The number of carbonyl (C=O) groups excluding carboxylic acids is 2. The monoisotopic (exact) mass is 358 g/mol. The fourth-order valence-electron chi connectivity index (χ4n) is 3.80. The third-order valence-corrected chi connectivity index (χ3v) is 5.51. The second-order valence-corrected chi connectivity index (χ2v) is 7.54. The predicted molar refractivity (Wildman–Crippen MR) is 101 cm³/mol. The van der Waals surface area contributed by atoms with Gasteiger partial charge in [0, 0.05) is 12.6 Å². The first-order chi connectivity index (χ1) is 12.7. The molecule has 142 valence electrons. The van der Waals surface area contributed by atoms with Crippen molar-refractivity contribution in [3.8, 4) is 5.75 Å². The van der Waals surface area contributed by atoms with Gasteiger partial charge in [-0.05, 0) is 43.4 Å². The van der Waals surface area contributed by atoms with E-state index >= 15 is 0 Å². The zero-order valence-corrected chi connectivity index (χ0v) is 15.6. The van der Waals surface area contributed by atoms with Gasteiger partial charge < -0.3 is 15.4 Å². The lowest BCUT2D eigenvalue weighted by molar-refractivity contribution is -0.127. The average Bonchev–Trinajstić information content (AvgIpc) is 3.47. The Balaban J connectivity index is 1.37. The highest BCUT2D eigenvalue weighted by atomic mass is 16.5. The molecule has 1 aromatic carbocycles. The van der Waals surface area contributed by atoms with Crippen molar-refractivity contribution in [3.05, 3.63) is 29.8 Å². The van der Waals surface area contributed by atoms with Crippen LogP contribution >= 0.6 is 0 Å². The third kappa shape index (κ3) is 5.23. The summed E-state index contributed by atoms with van der Waals surface area (Å²) in [6.07, 6.45) is 8.54. The molecule has 5 nitrogen and oxygen atoms in total. The van der Waals surface area contributed by atoms with Crippen LogP contribution in [0.4, 0.5) is 0 Å². The van der Waals surface area contributed by atoms with Gasteiger partial charge in [-0.1, -0.05) is 37.8 Å². The van der Waals surface area contributed by atoms with Gasteiger partial charge in [-0.15, -0.1) is 0 Å². The number of ether oxygens (including phenoxy) is 1. The Bertz CT molecular complexity index is 623. The molecule has 1 aromatic rings. The maximum absolute atomic E-state index is 12.4. The molecule has 0 aliphatic heterocycles. The standard InChI is InChI=1S/C21H30N2O3/c1-26-17-10-6-7-15(13-17)11-12-22-20(24)18-14-19(18)21(25)23-16-8-4-2-3-5-9-16/h6-7,10,13,16,18-19H,2-5,8-9,11-12,14H2,1H3,(H,22,24)(H,23,25). The summed E-state index contributed by atoms with van der Waals surface area (Å²) in [7, 11) is 1.65. The van der Waals surface area contributed by atoms with Crippen molar-refractivity contribution in [1.82, 2.24) is 10.6 Å². The second-order valence-electron chi connectivity index (χ2n) is 7.54. The van der Waals surface area contributed by atoms with Crippen LogP contribution in [0, 0.1) is 11.8 Å². The van der Waals surface area contributed by atoms with Gasteiger partial charge >= 0.3 is 0 Å². The first-order valence-corrected chi connectivity index (χ1v) is 9.88. The van der Waals surface area contributed by atoms with E-state index in [0.717, 1.165) is 30.6 Å². The van der Waals surface area contributed by atoms with Gasteiger partial charge in [-0.3, -0.25) is 9.59 Å². The number of rotatable bonds is 7. The fraction of sp³-hybridized carbons (Fsp3) is 0.619. The summed E-state index contributed by atoms with van der Waals surface area (Å²) in [5, 5.41) is 6.14. The van der Waals surface area contributed by atoms with E-state index in [1.54, 1.807) is 7.11 Å². The number of carbonyl (C=O) groups is 2. The van der Waals surface area contributed by atoms with E-state index in [2.05, 4.69) is 10.6 Å². The Hall–Kier alpha value is -2.04. The normalized spacial score (nSPS) is 23.0. The summed E-state index contributed by atoms with van der Waals surface area (Å²) in [5.74, 6) is 0.631. The molecule has 0 radical (unpaired) electrons. The summed E-state index contributed by atoms with van der Waals surface area (Å²) in [4.78, 5) is 24.6. The lowest BCUT2D eigenvalue weighted by Crippen LogP contribution is -2.37. The van der Waals surface area contributed by atoms with Gasteiger partial charge in [-0.2, -0.15) is 0 Å². The van der Waals surface area contributed by atoms with Gasteiger partial charge in [0.1, 0.15) is 5.75 Å². The summed E-state index contributed by atoms with van der Waals surface area (Å²) in [5.41, 5.74) is 1.13. The molecular formula is C21H30N2O3. The van der Waals surface area contributed by atoms with Gasteiger partial charge in [0.2, 0.25) is 11.8 Å². The first kappa shape index (κ1) is 18.7. The molecule has 2 aliphatic rings. The van der Waals surface area contributed by atoms with E-state index in [1.807, 2.05) is 24.3 Å². The Kier molecular flexibility index (Phi) is 6.53. The molecule has 3 rings (SSSR count). The van der Waals surface area contributed by atoms with Gasteiger partial charge in [0.05, 0.1) is 18.9 Å². The van der Waals surface area contributed by atoms with Gasteiger partial charge in [0.25, 0.3) is 0 Å². The van der Waals surface area contributed by atoms with E-state index < -0.39 is 0 Å². The quantitative estimate of drug-likeness (QED) is 0.737. The van der Waals surface area contributed by atoms with E-state index in [-0.39, 0.29) is 23.7 Å². The molecular weight excluding hydrogens is 328 g/mol. The van der Waals surface area contributed by atoms with E-state index in [4.69, 9.17) is 4.74 Å². The van der Waals surface area contributed by atoms with Crippen LogP contribution in [0.2, 0.25) is 0 Å². The van der Waals surface area contributed by atoms with Crippen LogP contribution < -0.4 is 15.4 Å². The maximum Gasteiger partial charge on any atom is 0.224 e. The number of nitrogens with one attached hydrogen (secondary N) is 2. The molecule has 26 heavy (non-hydrogen) atoms. The van der Waals surface area contributed by atoms with Crippen LogP contribution in [-0.2, 0) is 16.0 Å². The minimum Gasteiger partial charge on any atom is -0.497 e. The molecule has 2 aliphatic carbocycles. The zero-order valence-electron chi connectivity index (χ0n) is 15.6. The minimum atomic E-state index is -0.147. The van der Waals surface area contributed by atoms with Crippen molar-refractivity contribution in [1.29, 1.82) is 0 Å². The highest BCUT2D eigenvalue weighted by Crippen LogP contribution is 2.39. The van der Waals surface area contributed by atoms with Gasteiger partial charge in [0.15, 0.2) is 0 Å². The zero-order chi connectivity index (χ0) is 18.4. The average molecular weight is 358 g/mol. The molecule has 0 spiro atoms. The molecule has 0 bridgehead atoms. The Morgan fingerprint density at radius 3 is 2.54 bits per heavy atom. The maximum atomic E-state index is 12.4. The van der Waals surface area contributed by atoms with E-state index in [9.17, 15) is 9.59 Å². The molecule has 0 saturated heterocycles. The number of hydrogen-bond acceptors (Lipinski definition) is 3. The number of benzene rings is 1. The highest BCUT2D eigenvalue weighted by molar-refractivity contribution is 5.92. The molecule has 2 saturated carbocycles. The predicted octanol–water partition coefficient (Wildman–Crippen LogP) is 2.83. The summed E-state index contributed by atoms with van der Waals surface area (Å²) >= 11 is 0. The van der Waals surface area contributed by atoms with Crippen molar-refractivity contribution in [2.24, 2.45) is 11.8 Å². The van der Waals surface area contributed by atoms with E-state index in [1.165, 1.54) is 25.7 Å². The number of amides is 2. The molecule has 2 atom stereocenters. The lowest BCUT2D eigenvalue weighted by atomic mass is 10.1. The lowest BCUT2D eigenvalue weighted by Gasteiger charge is -2.16. The number of hydrogen-bond donors (Lipinski definition) is 2. The fourth-order valence-corrected chi connectivity index (χ4v) is 3.80. The SMILES string of the molecule is COc1cccc(CCNC(=O)C2CC2C(=O)NC2CCCCCC2)c1. The Labute approximate surface area is 155 Å². The summed E-state index contributed by atoms with van der Waals surface area (Å²) < 4.78 is 5.21. The first-order valence-electron chi connectivity index (χ1n) is 9.88. The molecule has 0 heterocycles. The molecule has 2 N–H and O–H groups in total. The van der Waals surface area contributed by atoms with Crippen molar-refractivity contribution in [3.63, 3.8) is 0 Å². The van der Waals surface area contributed by atoms with Crippen LogP contribution in [0.25, 0.3) is 0 Å². The molecule has 0 aromatic heterocycles. The second kappa shape index (κ2) is 9.06. The van der Waals surface area contributed by atoms with Crippen LogP contribution in [0.1, 0.15) is 50.5 Å². The van der Waals surface area contributed by atoms with Crippen molar-refractivity contribution < 1.29 is 14.3 Å². The summed E-state index contributed by atoms with van der Waals surface area (Å²) in [6, 6.07) is 8.16. The van der Waals surface area contributed by atoms with Crippen LogP contribution in [0.3, 0.4) is 0 Å². The van der Waals surface area contributed by atoms with E-state index in [0.29, 0.717) is 19.0 Å². The van der Waals surface area contributed by atoms with Crippen LogP contribution in [-0.4, -0.2) is 31.5 Å². The Morgan fingerprint density at radius 2 is 1.81 bits per heavy atom. The van der Waals surface area contributed by atoms with Crippen molar-refractivity contribution in [2.75, 3.05) is 13.7 Å². The smallest absolute Gasteiger partial charge is 0.224 e. The van der Waals surface area contributed by atoms with Crippen LogP contribution in [0.15, 0.2) is 24.3 Å². The third-order valence-electron chi connectivity index (χ3n) is 5.51. The van der Waals surface area contributed by atoms with Gasteiger partial charge in [-0.25, -0.2) is 0 Å². The number of methoxy groups -OCH3 is 1. The largest absolute Gasteiger partial charge is 0.497 e. The topological polar surface area (TPSA) is 67.4 Å². The Morgan fingerprint density at radius 1 is 1.08 bits per heavy atom. The van der Waals surface area contributed by atoms with Crippen molar-refractivity contribution >= 4 is 11.8 Å². The molecule has 2 amide bonds. The summed E-state index contributed by atoms with van der Waals surface area (Å²) in [6.45, 7) is 0.583. The van der Waals surface area contributed by atoms with Crippen molar-refractivity contribution in [2.45, 2.75) is 57.4 Å². The molecule has 5 heteroatoms. The van der Waals surface area contributed by atoms with Crippen LogP contribution in [0.5, 0.6) is 5.75 Å². The minimum absolute atomic E-state index is 0.00825. The molecule has 2 unspecified atom stereocenters.